The molecule has 0 aromatic heterocycles. The summed E-state index contributed by atoms with van der Waals surface area (Å²) in [5, 5.41) is 6.15. The molecule has 15 heavy (non-hydrogen) atoms. The van der Waals surface area contributed by atoms with Crippen molar-refractivity contribution < 1.29 is 9.63 Å². The van der Waals surface area contributed by atoms with Crippen molar-refractivity contribution in [3.8, 4) is 0 Å². The number of anilines is 1. The second-order valence-electron chi connectivity index (χ2n) is 2.69. The Morgan fingerprint density at radius 1 is 1.47 bits per heavy atom. The van der Waals surface area contributed by atoms with Crippen molar-refractivity contribution in [2.45, 2.75) is 13.3 Å². The second kappa shape index (κ2) is 6.03. The van der Waals surface area contributed by atoms with E-state index < -0.39 is 6.09 Å². The quantitative estimate of drug-likeness (QED) is 0.489. The van der Waals surface area contributed by atoms with E-state index in [2.05, 4.69) is 15.3 Å². The van der Waals surface area contributed by atoms with Crippen LogP contribution < -0.4 is 5.32 Å². The molecule has 1 amide bonds. The maximum absolute atomic E-state index is 11.1. The van der Waals surface area contributed by atoms with Crippen molar-refractivity contribution in [3.05, 3.63) is 30.3 Å². The maximum Gasteiger partial charge on any atom is 0.437 e. The van der Waals surface area contributed by atoms with Crippen LogP contribution in [0.5, 0.6) is 0 Å². The number of nitrogens with one attached hydrogen (secondary N) is 1. The van der Waals surface area contributed by atoms with Gasteiger partial charge in [-0.05, 0) is 12.1 Å². The van der Waals surface area contributed by atoms with Gasteiger partial charge in [0.15, 0.2) is 0 Å². The third kappa shape index (κ3) is 4.46. The lowest BCUT2D eigenvalue weighted by atomic mass is 10.3. The number of para-hydroxylation sites is 1. The zero-order chi connectivity index (χ0) is 11.1. The first-order valence-corrected chi connectivity index (χ1v) is 4.85. The standard InChI is InChI=1S/C10H11ClN2O2/c1-2-9(11)13-15-10(14)12-8-6-4-3-5-7-8/h3-7H,2H2,1H3,(H,12,14). The van der Waals surface area contributed by atoms with Crippen molar-refractivity contribution in [1.29, 1.82) is 0 Å². The fraction of sp³-hybridized carbons (Fsp3) is 0.200. The van der Waals surface area contributed by atoms with Crippen molar-refractivity contribution in [1.82, 2.24) is 0 Å². The van der Waals surface area contributed by atoms with Crippen LogP contribution in [0.15, 0.2) is 35.5 Å². The number of benzene rings is 1. The van der Waals surface area contributed by atoms with E-state index in [0.717, 1.165) is 0 Å². The van der Waals surface area contributed by atoms with Crippen LogP contribution in [-0.2, 0) is 4.84 Å². The number of carbonyl (C=O) groups is 1. The number of carbonyl (C=O) groups excluding carboxylic acids is 1. The van der Waals surface area contributed by atoms with Gasteiger partial charge in [0.25, 0.3) is 0 Å². The molecule has 4 nitrogen and oxygen atoms in total. The van der Waals surface area contributed by atoms with Gasteiger partial charge in [-0.15, -0.1) is 0 Å². The van der Waals surface area contributed by atoms with Gasteiger partial charge in [-0.2, -0.15) is 0 Å². The lowest BCUT2D eigenvalue weighted by Crippen LogP contribution is -2.11. The van der Waals surface area contributed by atoms with Crippen LogP contribution in [0.3, 0.4) is 0 Å². The molecule has 0 spiro atoms. The van der Waals surface area contributed by atoms with E-state index in [9.17, 15) is 4.79 Å². The number of nitrogens with zero attached hydrogens (tertiary/aromatic N) is 1. The Bertz CT molecular complexity index is 352. The molecule has 0 aliphatic carbocycles. The summed E-state index contributed by atoms with van der Waals surface area (Å²) < 4.78 is 0. The van der Waals surface area contributed by atoms with Gasteiger partial charge in [0.1, 0.15) is 5.17 Å². The fourth-order valence-electron chi connectivity index (χ4n) is 0.818. The highest BCUT2D eigenvalue weighted by molar-refractivity contribution is 6.65. The Morgan fingerprint density at radius 3 is 2.73 bits per heavy atom. The van der Waals surface area contributed by atoms with Crippen molar-refractivity contribution in [2.24, 2.45) is 5.16 Å². The van der Waals surface area contributed by atoms with E-state index in [-0.39, 0.29) is 5.17 Å². The molecule has 0 unspecified atom stereocenters. The second-order valence-corrected chi connectivity index (χ2v) is 3.13. The summed E-state index contributed by atoms with van der Waals surface area (Å²) >= 11 is 5.56. The first-order chi connectivity index (χ1) is 7.22. The van der Waals surface area contributed by atoms with Gasteiger partial charge in [0.05, 0.1) is 0 Å². The highest BCUT2D eigenvalue weighted by Crippen LogP contribution is 2.05. The molecule has 80 valence electrons. The molecule has 1 rings (SSSR count). The number of halogens is 1. The van der Waals surface area contributed by atoms with E-state index in [0.29, 0.717) is 12.1 Å². The lowest BCUT2D eigenvalue weighted by molar-refractivity contribution is 0.166. The zero-order valence-electron chi connectivity index (χ0n) is 8.24. The van der Waals surface area contributed by atoms with E-state index >= 15 is 0 Å². The molecular weight excluding hydrogens is 216 g/mol. The molecule has 1 aromatic rings. The Kier molecular flexibility index (Phi) is 4.63. The molecule has 1 aromatic carbocycles. The van der Waals surface area contributed by atoms with E-state index in [1.807, 2.05) is 13.0 Å². The molecule has 0 aliphatic rings. The molecule has 1 N–H and O–H groups in total. The average Bonchev–Trinajstić information content (AvgIpc) is 2.27. The minimum Gasteiger partial charge on any atom is -0.297 e. The normalized spacial score (nSPS) is 10.9. The number of amides is 1. The summed E-state index contributed by atoms with van der Waals surface area (Å²) in [4.78, 5) is 15.6. The zero-order valence-corrected chi connectivity index (χ0v) is 8.99. The summed E-state index contributed by atoms with van der Waals surface area (Å²) in [5.41, 5.74) is 0.644. The topological polar surface area (TPSA) is 50.7 Å². The molecule has 0 fully saturated rings. The summed E-state index contributed by atoms with van der Waals surface area (Å²) in [5.74, 6) is 0. The minimum atomic E-state index is -0.659. The smallest absolute Gasteiger partial charge is 0.297 e. The molecule has 0 radical (unpaired) electrons. The number of rotatable bonds is 3. The van der Waals surface area contributed by atoms with Crippen LogP contribution in [0, 0.1) is 0 Å². The van der Waals surface area contributed by atoms with Crippen LogP contribution in [0.2, 0.25) is 0 Å². The van der Waals surface area contributed by atoms with Gasteiger partial charge in [-0.25, -0.2) is 4.79 Å². The number of hydrogen-bond acceptors (Lipinski definition) is 3. The molecule has 0 heterocycles. The predicted molar refractivity (Wildman–Crippen MR) is 60.1 cm³/mol. The molecule has 0 bridgehead atoms. The first-order valence-electron chi connectivity index (χ1n) is 4.47. The lowest BCUT2D eigenvalue weighted by Gasteiger charge is -2.01. The largest absolute Gasteiger partial charge is 0.437 e. The summed E-state index contributed by atoms with van der Waals surface area (Å²) in [6, 6.07) is 8.94. The SMILES string of the molecule is CCC(Cl)=NOC(=O)Nc1ccccc1. The first kappa shape index (κ1) is 11.5. The summed E-state index contributed by atoms with van der Waals surface area (Å²) in [7, 11) is 0. The fourth-order valence-corrected chi connectivity index (χ4v) is 0.852. The molecule has 0 saturated carbocycles. The van der Waals surface area contributed by atoms with Crippen molar-refractivity contribution >= 4 is 28.6 Å². The highest BCUT2D eigenvalue weighted by atomic mass is 35.5. The Hall–Kier alpha value is -1.55. The molecule has 0 atom stereocenters. The number of oxime groups is 1. The summed E-state index contributed by atoms with van der Waals surface area (Å²) in [6.07, 6.45) is -0.131. The Balaban J connectivity index is 2.44. The maximum atomic E-state index is 11.1. The third-order valence-corrected chi connectivity index (χ3v) is 1.88. The van der Waals surface area contributed by atoms with E-state index in [4.69, 9.17) is 11.6 Å². The van der Waals surface area contributed by atoms with E-state index in [1.54, 1.807) is 24.3 Å². The Labute approximate surface area is 92.9 Å². The minimum absolute atomic E-state index is 0.248. The number of hydrogen-bond donors (Lipinski definition) is 1. The molecule has 0 aliphatic heterocycles. The van der Waals surface area contributed by atoms with Gasteiger partial charge in [0, 0.05) is 12.1 Å². The van der Waals surface area contributed by atoms with Gasteiger partial charge in [-0.1, -0.05) is 41.9 Å². The van der Waals surface area contributed by atoms with Crippen LogP contribution >= 0.6 is 11.6 Å². The van der Waals surface area contributed by atoms with Gasteiger partial charge < -0.3 is 0 Å². The molecule has 5 heteroatoms. The van der Waals surface area contributed by atoms with Gasteiger partial charge >= 0.3 is 6.09 Å². The van der Waals surface area contributed by atoms with Crippen LogP contribution in [0.4, 0.5) is 10.5 Å². The van der Waals surface area contributed by atoms with Crippen LogP contribution in [-0.4, -0.2) is 11.3 Å². The third-order valence-electron chi connectivity index (χ3n) is 1.54. The predicted octanol–water partition coefficient (Wildman–Crippen LogP) is 3.20. The summed E-state index contributed by atoms with van der Waals surface area (Å²) in [6.45, 7) is 1.81. The average molecular weight is 227 g/mol. The van der Waals surface area contributed by atoms with E-state index in [1.165, 1.54) is 0 Å². The van der Waals surface area contributed by atoms with Gasteiger partial charge in [0.2, 0.25) is 0 Å². The van der Waals surface area contributed by atoms with Crippen LogP contribution in [0.25, 0.3) is 0 Å². The van der Waals surface area contributed by atoms with Crippen LogP contribution in [0.1, 0.15) is 13.3 Å². The van der Waals surface area contributed by atoms with Crippen molar-refractivity contribution in [3.63, 3.8) is 0 Å². The molecule has 0 saturated heterocycles. The van der Waals surface area contributed by atoms with Crippen molar-refractivity contribution in [2.75, 3.05) is 5.32 Å². The monoisotopic (exact) mass is 226 g/mol. The Morgan fingerprint density at radius 2 is 2.13 bits per heavy atom. The highest BCUT2D eigenvalue weighted by Gasteiger charge is 2.02. The van der Waals surface area contributed by atoms with Gasteiger partial charge in [-0.3, -0.25) is 10.2 Å². The molecular formula is C10H11ClN2O2.